The van der Waals surface area contributed by atoms with Crippen molar-refractivity contribution in [3.63, 3.8) is 0 Å². The van der Waals surface area contributed by atoms with E-state index in [0.717, 1.165) is 18.2 Å². The van der Waals surface area contributed by atoms with E-state index in [9.17, 15) is 26.9 Å². The zero-order valence-corrected chi connectivity index (χ0v) is 15.8. The average Bonchev–Trinajstić information content (AvgIpc) is 2.69. The second-order valence-electron chi connectivity index (χ2n) is 6.93. The van der Waals surface area contributed by atoms with Crippen molar-refractivity contribution in [2.24, 2.45) is 5.18 Å². The molecule has 0 aliphatic rings. The molecule has 0 saturated heterocycles. The Kier molecular flexibility index (Phi) is 6.24. The normalized spacial score (nSPS) is 13.7. The SMILES string of the molecule is Cc1cc(C(CC(c2ccc(C(F)(F)F)cc2)c2ccc(F)cc2F)N=O)ccn1. The van der Waals surface area contributed by atoms with Gasteiger partial charge in [-0.2, -0.15) is 18.1 Å². The van der Waals surface area contributed by atoms with E-state index in [0.29, 0.717) is 22.9 Å². The van der Waals surface area contributed by atoms with Gasteiger partial charge in [0, 0.05) is 23.9 Å². The summed E-state index contributed by atoms with van der Waals surface area (Å²) in [6.45, 7) is 1.73. The molecule has 1 aromatic heterocycles. The van der Waals surface area contributed by atoms with Crippen molar-refractivity contribution in [1.29, 1.82) is 0 Å². The Morgan fingerprint density at radius 2 is 1.67 bits per heavy atom. The molecule has 0 spiro atoms. The second kappa shape index (κ2) is 8.69. The van der Waals surface area contributed by atoms with Crippen LogP contribution in [0.2, 0.25) is 0 Å². The van der Waals surface area contributed by atoms with Crippen molar-refractivity contribution < 1.29 is 22.0 Å². The van der Waals surface area contributed by atoms with Crippen molar-refractivity contribution in [2.75, 3.05) is 0 Å². The molecule has 2 aromatic carbocycles. The highest BCUT2D eigenvalue weighted by Gasteiger charge is 2.31. The van der Waals surface area contributed by atoms with E-state index in [4.69, 9.17) is 0 Å². The lowest BCUT2D eigenvalue weighted by molar-refractivity contribution is -0.137. The standard InChI is InChI=1S/C22H17F5N2O/c1-13-10-15(8-9-28-13)21(29-30)12-19(18-7-6-17(23)11-20(18)24)14-2-4-16(5-3-14)22(25,26)27/h2-11,19,21H,12H2,1H3. The first kappa shape index (κ1) is 21.5. The molecule has 1 heterocycles. The van der Waals surface area contributed by atoms with Gasteiger partial charge in [0.1, 0.15) is 17.7 Å². The maximum Gasteiger partial charge on any atom is 0.416 e. The molecule has 3 aromatic rings. The van der Waals surface area contributed by atoms with Crippen molar-refractivity contribution in [1.82, 2.24) is 4.98 Å². The molecule has 2 atom stereocenters. The molecular formula is C22H17F5N2O. The molecule has 30 heavy (non-hydrogen) atoms. The summed E-state index contributed by atoms with van der Waals surface area (Å²) in [5.74, 6) is -2.45. The van der Waals surface area contributed by atoms with Crippen LogP contribution in [0.25, 0.3) is 0 Å². The Hall–Kier alpha value is -3.16. The molecule has 0 radical (unpaired) electrons. The van der Waals surface area contributed by atoms with Gasteiger partial charge in [-0.15, -0.1) is 0 Å². The van der Waals surface area contributed by atoms with Crippen LogP contribution in [0.3, 0.4) is 0 Å². The Morgan fingerprint density at radius 1 is 0.967 bits per heavy atom. The Bertz CT molecular complexity index is 1030. The van der Waals surface area contributed by atoms with Crippen molar-refractivity contribution >= 4 is 0 Å². The summed E-state index contributed by atoms with van der Waals surface area (Å²) < 4.78 is 66.7. The van der Waals surface area contributed by atoms with Crippen LogP contribution >= 0.6 is 0 Å². The predicted molar refractivity (Wildman–Crippen MR) is 102 cm³/mol. The fraction of sp³-hybridized carbons (Fsp3) is 0.227. The number of halogens is 5. The molecule has 3 nitrogen and oxygen atoms in total. The molecule has 0 aliphatic carbocycles. The lowest BCUT2D eigenvalue weighted by Crippen LogP contribution is -2.10. The van der Waals surface area contributed by atoms with Crippen LogP contribution in [0.1, 0.15) is 46.3 Å². The first-order valence-corrected chi connectivity index (χ1v) is 9.06. The topological polar surface area (TPSA) is 42.3 Å². The summed E-state index contributed by atoms with van der Waals surface area (Å²) in [5.41, 5.74) is 0.778. The number of hydrogen-bond donors (Lipinski definition) is 0. The van der Waals surface area contributed by atoms with Crippen LogP contribution in [0.5, 0.6) is 0 Å². The van der Waals surface area contributed by atoms with Gasteiger partial charge in [0.25, 0.3) is 0 Å². The number of rotatable bonds is 6. The number of aryl methyl sites for hydroxylation is 1. The zero-order chi connectivity index (χ0) is 21.9. The second-order valence-corrected chi connectivity index (χ2v) is 6.93. The van der Waals surface area contributed by atoms with E-state index < -0.39 is 35.3 Å². The van der Waals surface area contributed by atoms with E-state index in [1.165, 1.54) is 24.4 Å². The van der Waals surface area contributed by atoms with Gasteiger partial charge in [0.15, 0.2) is 0 Å². The van der Waals surface area contributed by atoms with Gasteiger partial charge in [-0.3, -0.25) is 4.98 Å². The molecule has 0 amide bonds. The highest BCUT2D eigenvalue weighted by atomic mass is 19.4. The summed E-state index contributed by atoms with van der Waals surface area (Å²) in [6.07, 6.45) is -3.02. The van der Waals surface area contributed by atoms with E-state index in [-0.39, 0.29) is 12.0 Å². The van der Waals surface area contributed by atoms with Crippen LogP contribution < -0.4 is 0 Å². The van der Waals surface area contributed by atoms with Gasteiger partial charge < -0.3 is 0 Å². The summed E-state index contributed by atoms with van der Waals surface area (Å²) >= 11 is 0. The van der Waals surface area contributed by atoms with E-state index in [1.807, 2.05) is 0 Å². The highest BCUT2D eigenvalue weighted by Crippen LogP contribution is 2.38. The third-order valence-corrected chi connectivity index (χ3v) is 4.87. The fourth-order valence-corrected chi connectivity index (χ4v) is 3.37. The Balaban J connectivity index is 2.04. The van der Waals surface area contributed by atoms with E-state index >= 15 is 0 Å². The van der Waals surface area contributed by atoms with Gasteiger partial charge in [0.05, 0.1) is 5.56 Å². The predicted octanol–water partition coefficient (Wildman–Crippen LogP) is 6.72. The summed E-state index contributed by atoms with van der Waals surface area (Å²) in [6, 6.07) is 9.61. The Morgan fingerprint density at radius 3 is 2.23 bits per heavy atom. The molecule has 156 valence electrons. The third kappa shape index (κ3) is 4.87. The fourth-order valence-electron chi connectivity index (χ4n) is 3.37. The van der Waals surface area contributed by atoms with Crippen LogP contribution in [0.4, 0.5) is 22.0 Å². The minimum absolute atomic E-state index is 0.0130. The summed E-state index contributed by atoms with van der Waals surface area (Å²) in [7, 11) is 0. The molecule has 0 saturated carbocycles. The smallest absolute Gasteiger partial charge is 0.262 e. The van der Waals surface area contributed by atoms with Crippen LogP contribution in [-0.2, 0) is 6.18 Å². The summed E-state index contributed by atoms with van der Waals surface area (Å²) in [4.78, 5) is 15.6. The van der Waals surface area contributed by atoms with Crippen LogP contribution in [0, 0.1) is 23.5 Å². The molecule has 0 aliphatic heterocycles. The zero-order valence-electron chi connectivity index (χ0n) is 15.8. The molecule has 2 unspecified atom stereocenters. The van der Waals surface area contributed by atoms with Crippen molar-refractivity contribution in [2.45, 2.75) is 31.5 Å². The quantitative estimate of drug-likeness (QED) is 0.328. The maximum atomic E-state index is 14.5. The minimum Gasteiger partial charge on any atom is -0.262 e. The number of hydrogen-bond acceptors (Lipinski definition) is 3. The number of pyridine rings is 1. The maximum absolute atomic E-state index is 14.5. The number of alkyl halides is 3. The number of benzene rings is 2. The van der Waals surface area contributed by atoms with Crippen LogP contribution in [0.15, 0.2) is 66.0 Å². The number of nitroso groups, excluding NO2 is 1. The molecular weight excluding hydrogens is 403 g/mol. The molecule has 0 N–H and O–H groups in total. The van der Waals surface area contributed by atoms with Gasteiger partial charge in [-0.25, -0.2) is 8.78 Å². The first-order valence-electron chi connectivity index (χ1n) is 9.06. The molecule has 8 heteroatoms. The van der Waals surface area contributed by atoms with Gasteiger partial charge in [0.2, 0.25) is 0 Å². The highest BCUT2D eigenvalue weighted by molar-refractivity contribution is 5.37. The molecule has 0 fully saturated rings. The minimum atomic E-state index is -4.52. The first-order chi connectivity index (χ1) is 14.2. The largest absolute Gasteiger partial charge is 0.416 e. The average molecular weight is 420 g/mol. The number of nitrogens with zero attached hydrogens (tertiary/aromatic N) is 2. The van der Waals surface area contributed by atoms with Crippen molar-refractivity contribution in [3.8, 4) is 0 Å². The monoisotopic (exact) mass is 420 g/mol. The lowest BCUT2D eigenvalue weighted by Gasteiger charge is -2.22. The molecule has 3 rings (SSSR count). The van der Waals surface area contributed by atoms with Gasteiger partial charge in [-0.1, -0.05) is 23.4 Å². The van der Waals surface area contributed by atoms with Gasteiger partial charge >= 0.3 is 6.18 Å². The Labute approximate surface area is 169 Å². The number of aromatic nitrogens is 1. The lowest BCUT2D eigenvalue weighted by atomic mass is 9.84. The molecule has 0 bridgehead atoms. The van der Waals surface area contributed by atoms with E-state index in [2.05, 4.69) is 10.2 Å². The third-order valence-electron chi connectivity index (χ3n) is 4.87. The van der Waals surface area contributed by atoms with E-state index in [1.54, 1.807) is 19.1 Å². The van der Waals surface area contributed by atoms with Crippen LogP contribution in [-0.4, -0.2) is 4.98 Å². The summed E-state index contributed by atoms with van der Waals surface area (Å²) in [5, 5.41) is 3.14. The van der Waals surface area contributed by atoms with Crippen molar-refractivity contribution in [3.05, 3.63) is 105 Å². The van der Waals surface area contributed by atoms with Gasteiger partial charge in [-0.05, 0) is 60.4 Å².